The minimum atomic E-state index is -0.127. The van der Waals surface area contributed by atoms with Gasteiger partial charge in [0.2, 0.25) is 0 Å². The molecule has 3 rings (SSSR count). The second-order valence-corrected chi connectivity index (χ2v) is 6.20. The maximum Gasteiger partial charge on any atom is 0.176 e. The molecule has 1 fully saturated rings. The molecule has 0 bridgehead atoms. The minimum absolute atomic E-state index is 0.127. The molecule has 1 N–H and O–H groups in total. The van der Waals surface area contributed by atoms with Crippen molar-refractivity contribution in [2.45, 2.75) is 51.1 Å². The third kappa shape index (κ3) is 2.70. The van der Waals surface area contributed by atoms with E-state index in [0.717, 1.165) is 30.1 Å². The molecule has 22 heavy (non-hydrogen) atoms. The number of tetrazole rings is 1. The summed E-state index contributed by atoms with van der Waals surface area (Å²) in [5.74, 6) is 1.73. The predicted molar refractivity (Wildman–Crippen MR) is 84.1 cm³/mol. The number of nitrogens with one attached hydrogen (secondary N) is 1. The Morgan fingerprint density at radius 3 is 2.45 bits per heavy atom. The molecule has 1 heterocycles. The predicted octanol–water partition coefficient (Wildman–Crippen LogP) is 2.44. The molecule has 6 nitrogen and oxygen atoms in total. The Bertz CT molecular complexity index is 614. The highest BCUT2D eigenvalue weighted by Crippen LogP contribution is 2.38. The fourth-order valence-corrected chi connectivity index (χ4v) is 3.35. The van der Waals surface area contributed by atoms with E-state index >= 15 is 0 Å². The van der Waals surface area contributed by atoms with E-state index in [4.69, 9.17) is 4.74 Å². The van der Waals surface area contributed by atoms with Crippen molar-refractivity contribution in [3.05, 3.63) is 30.1 Å². The highest BCUT2D eigenvalue weighted by Gasteiger charge is 2.40. The van der Waals surface area contributed by atoms with Gasteiger partial charge in [-0.3, -0.25) is 0 Å². The highest BCUT2D eigenvalue weighted by molar-refractivity contribution is 5.37. The zero-order chi connectivity index (χ0) is 15.6. The van der Waals surface area contributed by atoms with Gasteiger partial charge in [0.15, 0.2) is 5.82 Å². The van der Waals surface area contributed by atoms with Crippen LogP contribution >= 0.6 is 0 Å². The Morgan fingerprint density at radius 1 is 1.18 bits per heavy atom. The first-order valence-electron chi connectivity index (χ1n) is 7.86. The maximum absolute atomic E-state index is 5.22. The molecule has 1 aromatic heterocycles. The molecule has 0 aliphatic heterocycles. The summed E-state index contributed by atoms with van der Waals surface area (Å²) in [6.07, 6.45) is 4.55. The van der Waals surface area contributed by atoms with Crippen LogP contribution in [0.1, 0.15) is 45.4 Å². The number of benzene rings is 1. The SMILES string of the molecule is COc1ccc(-n2nnnc2C2(NC(C)C)CCCC2)cc1. The average Bonchev–Trinajstić information content (AvgIpc) is 3.16. The third-order valence-corrected chi connectivity index (χ3v) is 4.24. The number of nitrogens with zero attached hydrogens (tertiary/aromatic N) is 4. The van der Waals surface area contributed by atoms with Crippen molar-refractivity contribution in [3.8, 4) is 11.4 Å². The van der Waals surface area contributed by atoms with Crippen molar-refractivity contribution in [2.24, 2.45) is 0 Å². The Labute approximate surface area is 130 Å². The molecule has 0 amide bonds. The van der Waals surface area contributed by atoms with E-state index in [1.807, 2.05) is 28.9 Å². The molecule has 1 aliphatic rings. The molecule has 2 aromatic rings. The Kier molecular flexibility index (Phi) is 4.11. The first kappa shape index (κ1) is 15.0. The zero-order valence-electron chi connectivity index (χ0n) is 13.4. The van der Waals surface area contributed by atoms with Crippen molar-refractivity contribution in [1.82, 2.24) is 25.5 Å². The summed E-state index contributed by atoms with van der Waals surface area (Å²) in [6, 6.07) is 8.21. The van der Waals surface area contributed by atoms with Gasteiger partial charge in [-0.25, -0.2) is 0 Å². The van der Waals surface area contributed by atoms with Crippen LogP contribution in [0.4, 0.5) is 0 Å². The largest absolute Gasteiger partial charge is 0.497 e. The monoisotopic (exact) mass is 301 g/mol. The maximum atomic E-state index is 5.22. The Hall–Kier alpha value is -1.95. The quantitative estimate of drug-likeness (QED) is 0.919. The van der Waals surface area contributed by atoms with Crippen molar-refractivity contribution in [3.63, 3.8) is 0 Å². The number of ether oxygens (including phenoxy) is 1. The summed E-state index contributed by atoms with van der Waals surface area (Å²) in [4.78, 5) is 0. The fourth-order valence-electron chi connectivity index (χ4n) is 3.35. The number of hydrogen-bond acceptors (Lipinski definition) is 5. The lowest BCUT2D eigenvalue weighted by atomic mass is 9.95. The van der Waals surface area contributed by atoms with Crippen LogP contribution in [-0.4, -0.2) is 33.4 Å². The molecule has 0 atom stereocenters. The van der Waals surface area contributed by atoms with E-state index in [2.05, 4.69) is 34.7 Å². The normalized spacial score (nSPS) is 17.1. The van der Waals surface area contributed by atoms with Gasteiger partial charge in [-0.2, -0.15) is 4.68 Å². The minimum Gasteiger partial charge on any atom is -0.497 e. The zero-order valence-corrected chi connectivity index (χ0v) is 13.4. The van der Waals surface area contributed by atoms with E-state index in [0.29, 0.717) is 6.04 Å². The summed E-state index contributed by atoms with van der Waals surface area (Å²) in [7, 11) is 1.66. The van der Waals surface area contributed by atoms with Crippen LogP contribution < -0.4 is 10.1 Å². The van der Waals surface area contributed by atoms with E-state index in [1.165, 1.54) is 12.8 Å². The Morgan fingerprint density at radius 2 is 1.86 bits per heavy atom. The highest BCUT2D eigenvalue weighted by atomic mass is 16.5. The summed E-state index contributed by atoms with van der Waals surface area (Å²) in [5.41, 5.74) is 0.829. The fraction of sp³-hybridized carbons (Fsp3) is 0.562. The second-order valence-electron chi connectivity index (χ2n) is 6.20. The van der Waals surface area contributed by atoms with Crippen LogP contribution in [-0.2, 0) is 5.54 Å². The van der Waals surface area contributed by atoms with Gasteiger partial charge >= 0.3 is 0 Å². The molecule has 0 spiro atoms. The first-order chi connectivity index (χ1) is 10.6. The van der Waals surface area contributed by atoms with E-state index < -0.39 is 0 Å². The molecular weight excluding hydrogens is 278 g/mol. The molecule has 6 heteroatoms. The lowest BCUT2D eigenvalue weighted by Crippen LogP contribution is -2.45. The molecule has 118 valence electrons. The van der Waals surface area contributed by atoms with Gasteiger partial charge in [0.1, 0.15) is 5.75 Å². The number of rotatable bonds is 5. The molecule has 1 aliphatic carbocycles. The van der Waals surface area contributed by atoms with Crippen molar-refractivity contribution in [1.29, 1.82) is 0 Å². The van der Waals surface area contributed by atoms with Gasteiger partial charge in [0.25, 0.3) is 0 Å². The third-order valence-electron chi connectivity index (χ3n) is 4.24. The Balaban J connectivity index is 1.99. The van der Waals surface area contributed by atoms with Crippen LogP contribution in [0.3, 0.4) is 0 Å². The van der Waals surface area contributed by atoms with Crippen LogP contribution in [0, 0.1) is 0 Å². The molecule has 1 saturated carbocycles. The van der Waals surface area contributed by atoms with Gasteiger partial charge in [-0.15, -0.1) is 5.10 Å². The van der Waals surface area contributed by atoms with Crippen LogP contribution in [0.2, 0.25) is 0 Å². The van der Waals surface area contributed by atoms with Gasteiger partial charge in [0, 0.05) is 6.04 Å². The summed E-state index contributed by atoms with van der Waals surface area (Å²) in [5, 5.41) is 16.2. The van der Waals surface area contributed by atoms with Gasteiger partial charge < -0.3 is 10.1 Å². The van der Waals surface area contributed by atoms with E-state index in [-0.39, 0.29) is 5.54 Å². The topological polar surface area (TPSA) is 64.9 Å². The lowest BCUT2D eigenvalue weighted by molar-refractivity contribution is 0.289. The van der Waals surface area contributed by atoms with Crippen molar-refractivity contribution in [2.75, 3.05) is 7.11 Å². The second kappa shape index (κ2) is 6.04. The summed E-state index contributed by atoms with van der Waals surface area (Å²) >= 11 is 0. The summed E-state index contributed by atoms with van der Waals surface area (Å²) < 4.78 is 7.06. The molecule has 0 saturated heterocycles. The van der Waals surface area contributed by atoms with Crippen LogP contribution in [0.5, 0.6) is 5.75 Å². The lowest BCUT2D eigenvalue weighted by Gasteiger charge is -2.31. The van der Waals surface area contributed by atoms with Gasteiger partial charge in [-0.1, -0.05) is 12.8 Å². The van der Waals surface area contributed by atoms with Crippen molar-refractivity contribution >= 4 is 0 Å². The van der Waals surface area contributed by atoms with Gasteiger partial charge in [-0.05, 0) is 61.4 Å². The van der Waals surface area contributed by atoms with Crippen molar-refractivity contribution < 1.29 is 4.74 Å². The number of methoxy groups -OCH3 is 1. The van der Waals surface area contributed by atoms with Crippen LogP contribution in [0.25, 0.3) is 5.69 Å². The molecule has 1 aromatic carbocycles. The molecular formula is C16H23N5O. The average molecular weight is 301 g/mol. The summed E-state index contributed by atoms with van der Waals surface area (Å²) in [6.45, 7) is 4.34. The standard InChI is InChI=1S/C16H23N5O/c1-12(2)17-16(10-4-5-11-16)15-18-19-20-21(15)13-6-8-14(22-3)9-7-13/h6-9,12,17H,4-5,10-11H2,1-3H3. The van der Waals surface area contributed by atoms with Crippen LogP contribution in [0.15, 0.2) is 24.3 Å². The van der Waals surface area contributed by atoms with E-state index in [9.17, 15) is 0 Å². The van der Waals surface area contributed by atoms with E-state index in [1.54, 1.807) is 7.11 Å². The molecule has 0 unspecified atom stereocenters. The van der Waals surface area contributed by atoms with Gasteiger partial charge in [0.05, 0.1) is 18.3 Å². The molecule has 0 radical (unpaired) electrons. The number of hydrogen-bond donors (Lipinski definition) is 1. The first-order valence-corrected chi connectivity index (χ1v) is 7.86. The number of aromatic nitrogens is 4. The smallest absolute Gasteiger partial charge is 0.176 e.